The maximum Gasteiger partial charge on any atom is 0.417 e. The van der Waals surface area contributed by atoms with Gasteiger partial charge in [0.1, 0.15) is 18.1 Å². The molecule has 0 amide bonds. The lowest BCUT2D eigenvalue weighted by atomic mass is 9.96. The molecule has 9 heteroatoms. The molecule has 0 radical (unpaired) electrons. The van der Waals surface area contributed by atoms with E-state index in [0.717, 1.165) is 11.6 Å². The fourth-order valence-corrected chi connectivity index (χ4v) is 3.94. The summed E-state index contributed by atoms with van der Waals surface area (Å²) in [6, 6.07) is 16.8. The van der Waals surface area contributed by atoms with Gasteiger partial charge in [-0.05, 0) is 23.6 Å². The first-order valence-corrected chi connectivity index (χ1v) is 11.0. The van der Waals surface area contributed by atoms with Gasteiger partial charge < -0.3 is 9.47 Å². The number of benzene rings is 2. The van der Waals surface area contributed by atoms with E-state index >= 15 is 0 Å². The molecule has 0 aliphatic carbocycles. The quantitative estimate of drug-likeness (QED) is 0.317. The molecular formula is C26H24F3N3O3. The minimum Gasteiger partial charge on any atom is -0.497 e. The van der Waals surface area contributed by atoms with Crippen molar-refractivity contribution >= 4 is 16.8 Å². The van der Waals surface area contributed by atoms with E-state index in [2.05, 4.69) is 10.1 Å². The number of aryl methyl sites for hydroxylation is 1. The Morgan fingerprint density at radius 2 is 1.83 bits per heavy atom. The minimum atomic E-state index is -4.67. The number of ketones is 1. The van der Waals surface area contributed by atoms with Crippen molar-refractivity contribution in [1.29, 1.82) is 0 Å². The predicted molar refractivity (Wildman–Crippen MR) is 125 cm³/mol. The number of hydrogen-bond donors (Lipinski definition) is 0. The van der Waals surface area contributed by atoms with Crippen LogP contribution in [0.25, 0.3) is 22.3 Å². The van der Waals surface area contributed by atoms with Gasteiger partial charge in [-0.15, -0.1) is 0 Å². The van der Waals surface area contributed by atoms with Gasteiger partial charge in [0.2, 0.25) is 5.88 Å². The number of nitrogens with zero attached hydrogens (tertiary/aromatic N) is 3. The number of methoxy groups -OCH3 is 1. The Kier molecular flexibility index (Phi) is 6.77. The second-order valence-electron chi connectivity index (χ2n) is 8.25. The summed E-state index contributed by atoms with van der Waals surface area (Å²) in [6.07, 6.45) is -4.51. The highest BCUT2D eigenvalue weighted by Gasteiger charge is 2.36. The van der Waals surface area contributed by atoms with E-state index in [1.54, 1.807) is 37.4 Å². The number of carbonyl (C=O) groups excluding carboxylic acids is 1. The van der Waals surface area contributed by atoms with E-state index in [9.17, 15) is 18.0 Å². The van der Waals surface area contributed by atoms with Crippen molar-refractivity contribution < 1.29 is 27.4 Å². The number of fused-ring (bicyclic) bond motifs is 1. The number of halogens is 3. The maximum absolute atomic E-state index is 14.0. The molecule has 4 aromatic rings. The summed E-state index contributed by atoms with van der Waals surface area (Å²) in [4.78, 5) is 16.8. The van der Waals surface area contributed by atoms with Gasteiger partial charge in [0.15, 0.2) is 11.4 Å². The van der Waals surface area contributed by atoms with Crippen molar-refractivity contribution in [2.75, 3.05) is 13.7 Å². The van der Waals surface area contributed by atoms with Gasteiger partial charge in [-0.25, -0.2) is 4.68 Å². The maximum atomic E-state index is 14.0. The third-order valence-electron chi connectivity index (χ3n) is 5.70. The van der Waals surface area contributed by atoms with Crippen molar-refractivity contribution in [3.63, 3.8) is 0 Å². The normalized spacial score (nSPS) is 12.5. The first kappa shape index (κ1) is 24.3. The van der Waals surface area contributed by atoms with Crippen LogP contribution >= 0.6 is 0 Å². The van der Waals surface area contributed by atoms with Crippen LogP contribution in [0.1, 0.15) is 30.4 Å². The molecule has 2 aromatic heterocycles. The molecule has 2 aromatic carbocycles. The molecule has 0 saturated heterocycles. The topological polar surface area (TPSA) is 66.2 Å². The van der Waals surface area contributed by atoms with Gasteiger partial charge in [-0.2, -0.15) is 23.3 Å². The van der Waals surface area contributed by atoms with Crippen molar-refractivity contribution in [2.24, 2.45) is 7.05 Å². The second kappa shape index (κ2) is 9.77. The molecule has 0 aliphatic rings. The van der Waals surface area contributed by atoms with Crippen LogP contribution in [0.3, 0.4) is 0 Å². The van der Waals surface area contributed by atoms with E-state index < -0.39 is 18.3 Å². The number of aromatic nitrogens is 3. The number of alkyl halides is 3. The zero-order chi connectivity index (χ0) is 25.2. The standard InChI is InChI=1S/C26H24F3N3O3/c1-16(18-10-7-11-20(13-18)34-3)12-19(33)15-35-22-14-21(26(27,28)29)23-24(17-8-5-4-6-9-17)31-32(2)25(23)30-22/h4-11,13-14,16H,12,15H2,1-3H3. The zero-order valence-electron chi connectivity index (χ0n) is 19.5. The van der Waals surface area contributed by atoms with Crippen LogP contribution in [0.2, 0.25) is 0 Å². The molecule has 0 N–H and O–H groups in total. The average Bonchev–Trinajstić information content (AvgIpc) is 3.18. The lowest BCUT2D eigenvalue weighted by Crippen LogP contribution is -2.15. The summed E-state index contributed by atoms with van der Waals surface area (Å²) in [5, 5.41) is 4.16. The van der Waals surface area contributed by atoms with Crippen LogP contribution in [0.4, 0.5) is 13.2 Å². The molecule has 4 rings (SSSR count). The van der Waals surface area contributed by atoms with E-state index in [-0.39, 0.29) is 40.7 Å². The smallest absolute Gasteiger partial charge is 0.417 e. The first-order chi connectivity index (χ1) is 16.7. The summed E-state index contributed by atoms with van der Waals surface area (Å²) in [6.45, 7) is 1.49. The summed E-state index contributed by atoms with van der Waals surface area (Å²) >= 11 is 0. The second-order valence-corrected chi connectivity index (χ2v) is 8.25. The highest BCUT2D eigenvalue weighted by Crippen LogP contribution is 2.40. The summed E-state index contributed by atoms with van der Waals surface area (Å²) < 4.78 is 54.0. The molecule has 0 aliphatic heterocycles. The van der Waals surface area contributed by atoms with Crippen molar-refractivity contribution in [2.45, 2.75) is 25.4 Å². The van der Waals surface area contributed by atoms with Crippen LogP contribution in [0.5, 0.6) is 11.6 Å². The van der Waals surface area contributed by atoms with Gasteiger partial charge in [-0.1, -0.05) is 49.4 Å². The highest BCUT2D eigenvalue weighted by atomic mass is 19.4. The van der Waals surface area contributed by atoms with Gasteiger partial charge in [0.05, 0.1) is 18.1 Å². The van der Waals surface area contributed by atoms with E-state index in [1.165, 1.54) is 11.7 Å². The number of hydrogen-bond acceptors (Lipinski definition) is 5. The number of Topliss-reactive ketones (excluding diaryl/α,β-unsaturated/α-hetero) is 1. The highest BCUT2D eigenvalue weighted by molar-refractivity contribution is 5.94. The lowest BCUT2D eigenvalue weighted by Gasteiger charge is -2.14. The molecule has 0 bridgehead atoms. The molecule has 1 unspecified atom stereocenters. The molecule has 6 nitrogen and oxygen atoms in total. The summed E-state index contributed by atoms with van der Waals surface area (Å²) in [5.41, 5.74) is 0.742. The summed E-state index contributed by atoms with van der Waals surface area (Å²) in [7, 11) is 3.08. The van der Waals surface area contributed by atoms with Crippen LogP contribution in [0.15, 0.2) is 60.7 Å². The molecule has 0 spiro atoms. The largest absolute Gasteiger partial charge is 0.497 e. The number of ether oxygens (including phenoxy) is 2. The average molecular weight is 483 g/mol. The van der Waals surface area contributed by atoms with Gasteiger partial charge in [0.25, 0.3) is 0 Å². The monoisotopic (exact) mass is 483 g/mol. The van der Waals surface area contributed by atoms with Crippen LogP contribution in [-0.2, 0) is 18.0 Å². The van der Waals surface area contributed by atoms with Crippen LogP contribution in [-0.4, -0.2) is 34.3 Å². The predicted octanol–water partition coefficient (Wildman–Crippen LogP) is 5.80. The molecule has 182 valence electrons. The zero-order valence-corrected chi connectivity index (χ0v) is 19.5. The Bertz CT molecular complexity index is 1350. The minimum absolute atomic E-state index is 0.0193. The number of pyridine rings is 1. The number of carbonyl (C=O) groups is 1. The molecule has 35 heavy (non-hydrogen) atoms. The third-order valence-corrected chi connectivity index (χ3v) is 5.70. The van der Waals surface area contributed by atoms with Gasteiger partial charge in [-0.3, -0.25) is 4.79 Å². The summed E-state index contributed by atoms with van der Waals surface area (Å²) in [5.74, 6) is 0.0229. The third kappa shape index (κ3) is 5.29. The SMILES string of the molecule is COc1cccc(C(C)CC(=O)COc2cc(C(F)(F)F)c3c(-c4ccccc4)nn(C)c3n2)c1. The Morgan fingerprint density at radius 1 is 1.09 bits per heavy atom. The molecule has 0 saturated carbocycles. The van der Waals surface area contributed by atoms with Gasteiger partial charge in [0, 0.05) is 25.1 Å². The van der Waals surface area contributed by atoms with Crippen LogP contribution < -0.4 is 9.47 Å². The van der Waals surface area contributed by atoms with E-state index in [4.69, 9.17) is 9.47 Å². The Balaban J connectivity index is 1.58. The van der Waals surface area contributed by atoms with E-state index in [0.29, 0.717) is 11.3 Å². The molecule has 0 fully saturated rings. The first-order valence-electron chi connectivity index (χ1n) is 11.0. The fraction of sp³-hybridized carbons (Fsp3) is 0.269. The van der Waals surface area contributed by atoms with Gasteiger partial charge >= 0.3 is 6.18 Å². The van der Waals surface area contributed by atoms with Crippen molar-refractivity contribution in [3.8, 4) is 22.9 Å². The molecule has 2 heterocycles. The molecular weight excluding hydrogens is 459 g/mol. The number of rotatable bonds is 8. The fourth-order valence-electron chi connectivity index (χ4n) is 3.94. The Labute approximate surface area is 200 Å². The Hall–Kier alpha value is -3.88. The molecule has 1 atom stereocenters. The Morgan fingerprint density at radius 3 is 2.51 bits per heavy atom. The van der Waals surface area contributed by atoms with Crippen molar-refractivity contribution in [1.82, 2.24) is 14.8 Å². The van der Waals surface area contributed by atoms with Crippen molar-refractivity contribution in [3.05, 3.63) is 71.8 Å². The van der Waals surface area contributed by atoms with E-state index in [1.807, 2.05) is 31.2 Å². The van der Waals surface area contributed by atoms with Crippen LogP contribution in [0, 0.1) is 0 Å². The lowest BCUT2D eigenvalue weighted by molar-refractivity contribution is -0.136.